The maximum absolute atomic E-state index is 12.2. The molecule has 0 aliphatic rings. The van der Waals surface area contributed by atoms with E-state index in [1.54, 1.807) is 43.6 Å². The van der Waals surface area contributed by atoms with Gasteiger partial charge in [-0.3, -0.25) is 9.88 Å². The van der Waals surface area contributed by atoms with Crippen molar-refractivity contribution in [3.8, 4) is 23.0 Å². The van der Waals surface area contributed by atoms with Gasteiger partial charge in [0.25, 0.3) is 0 Å². The maximum Gasteiger partial charge on any atom is 0.319 e. The molecule has 206 valence electrons. The normalized spacial score (nSPS) is 11.4. The molecule has 0 radical (unpaired) electrons. The van der Waals surface area contributed by atoms with Crippen LogP contribution < -0.4 is 24.8 Å². The van der Waals surface area contributed by atoms with Crippen LogP contribution in [0.4, 0.5) is 10.5 Å². The largest absolute Gasteiger partial charge is 0.493 e. The van der Waals surface area contributed by atoms with Gasteiger partial charge in [-0.05, 0) is 54.8 Å². The number of aliphatic hydroxyl groups is 1. The second-order valence-corrected chi connectivity index (χ2v) is 10.2. The molecule has 3 aromatic rings. The molecule has 0 saturated heterocycles. The summed E-state index contributed by atoms with van der Waals surface area (Å²) >= 11 is 0. The summed E-state index contributed by atoms with van der Waals surface area (Å²) in [4.78, 5) is 18.7. The van der Waals surface area contributed by atoms with Crippen LogP contribution in [0.1, 0.15) is 34.1 Å². The number of nitrogens with zero attached hydrogens (tertiary/aromatic N) is 2. The topological polar surface area (TPSA) is 105 Å². The average Bonchev–Trinajstić information content (AvgIpc) is 2.88. The van der Waals surface area contributed by atoms with Crippen molar-refractivity contribution >= 4 is 22.6 Å². The lowest BCUT2D eigenvalue weighted by molar-refractivity contribution is 0.172. The lowest BCUT2D eigenvalue weighted by Gasteiger charge is -2.20. The monoisotopic (exact) mass is 524 g/mol. The number of nitrogens with one attached hydrogen (secondary N) is 2. The Kier molecular flexibility index (Phi) is 10.6. The number of hydrogen-bond donors (Lipinski definition) is 3. The standard InChI is InChI=1S/C29H40N4O5/c1-6-33(15-17-34)16-18-37-27-20-24-23(19-26(27)36-5)25(11-13-30-24)38-22-9-7-21(8-10-22)32-28(35)31-14-12-29(2,3)4/h7-11,13,19-20,34H,6,12,14-18H2,1-5H3,(H2,31,32,35). The van der Waals surface area contributed by atoms with E-state index in [9.17, 15) is 9.90 Å². The van der Waals surface area contributed by atoms with Gasteiger partial charge in [-0.15, -0.1) is 0 Å². The Labute approximate surface area is 225 Å². The molecule has 0 atom stereocenters. The van der Waals surface area contributed by atoms with E-state index in [-0.39, 0.29) is 18.1 Å². The van der Waals surface area contributed by atoms with E-state index in [4.69, 9.17) is 14.2 Å². The van der Waals surface area contributed by atoms with Crippen LogP contribution in [0.5, 0.6) is 23.0 Å². The molecule has 1 aromatic heterocycles. The molecule has 0 bridgehead atoms. The summed E-state index contributed by atoms with van der Waals surface area (Å²) in [6.45, 7) is 11.8. The molecule has 0 aliphatic heterocycles. The number of urea groups is 1. The summed E-state index contributed by atoms with van der Waals surface area (Å²) in [5, 5.41) is 15.7. The quantitative estimate of drug-likeness (QED) is 0.279. The zero-order chi connectivity index (χ0) is 27.5. The summed E-state index contributed by atoms with van der Waals surface area (Å²) in [7, 11) is 1.60. The number of aromatic nitrogens is 1. The molecule has 9 heteroatoms. The third-order valence-corrected chi connectivity index (χ3v) is 6.02. The number of amides is 2. The van der Waals surface area contributed by atoms with Gasteiger partial charge >= 0.3 is 6.03 Å². The molecule has 3 rings (SSSR count). The van der Waals surface area contributed by atoms with Gasteiger partial charge in [-0.2, -0.15) is 0 Å². The lowest BCUT2D eigenvalue weighted by atomic mass is 9.92. The third-order valence-electron chi connectivity index (χ3n) is 6.02. The van der Waals surface area contributed by atoms with Gasteiger partial charge in [0.2, 0.25) is 0 Å². The first kappa shape index (κ1) is 29.0. The lowest BCUT2D eigenvalue weighted by Crippen LogP contribution is -2.31. The van der Waals surface area contributed by atoms with Gasteiger partial charge in [0.15, 0.2) is 11.5 Å². The molecule has 0 fully saturated rings. The highest BCUT2D eigenvalue weighted by molar-refractivity contribution is 5.89. The van der Waals surface area contributed by atoms with E-state index in [0.29, 0.717) is 60.4 Å². The molecule has 0 unspecified atom stereocenters. The van der Waals surface area contributed by atoms with Crippen LogP contribution in [-0.2, 0) is 0 Å². The molecule has 1 heterocycles. The van der Waals surface area contributed by atoms with E-state index in [1.807, 2.05) is 19.1 Å². The fourth-order valence-electron chi connectivity index (χ4n) is 3.80. The second-order valence-electron chi connectivity index (χ2n) is 10.2. The van der Waals surface area contributed by atoms with Crippen molar-refractivity contribution in [2.45, 2.75) is 34.1 Å². The number of likely N-dealkylation sites (N-methyl/N-ethyl adjacent to an activating group) is 1. The highest BCUT2D eigenvalue weighted by atomic mass is 16.5. The van der Waals surface area contributed by atoms with Crippen LogP contribution in [0.15, 0.2) is 48.7 Å². The Morgan fingerprint density at radius 3 is 2.47 bits per heavy atom. The highest BCUT2D eigenvalue weighted by Crippen LogP contribution is 2.37. The number of anilines is 1. The van der Waals surface area contributed by atoms with Crippen LogP contribution in [-0.4, -0.2) is 67.5 Å². The van der Waals surface area contributed by atoms with Gasteiger partial charge in [0.1, 0.15) is 18.1 Å². The Morgan fingerprint density at radius 2 is 1.82 bits per heavy atom. The minimum absolute atomic E-state index is 0.117. The molecule has 38 heavy (non-hydrogen) atoms. The summed E-state index contributed by atoms with van der Waals surface area (Å²) in [5.41, 5.74) is 1.56. The first-order valence-electron chi connectivity index (χ1n) is 13.0. The summed E-state index contributed by atoms with van der Waals surface area (Å²) in [5.74, 6) is 2.43. The van der Waals surface area contributed by atoms with Crippen LogP contribution in [0, 0.1) is 5.41 Å². The van der Waals surface area contributed by atoms with E-state index >= 15 is 0 Å². The van der Waals surface area contributed by atoms with Gasteiger partial charge in [-0.1, -0.05) is 27.7 Å². The number of benzene rings is 2. The van der Waals surface area contributed by atoms with Gasteiger partial charge in [0.05, 0.1) is 19.2 Å². The molecular formula is C29H40N4O5. The van der Waals surface area contributed by atoms with Gasteiger partial charge in [0, 0.05) is 43.0 Å². The van der Waals surface area contributed by atoms with Crippen LogP contribution in [0.3, 0.4) is 0 Å². The third kappa shape index (κ3) is 8.78. The Hall–Kier alpha value is -3.56. The fourth-order valence-corrected chi connectivity index (χ4v) is 3.80. The average molecular weight is 525 g/mol. The molecule has 3 N–H and O–H groups in total. The zero-order valence-corrected chi connectivity index (χ0v) is 23.0. The smallest absolute Gasteiger partial charge is 0.319 e. The Balaban J connectivity index is 1.66. The predicted molar refractivity (Wildman–Crippen MR) is 151 cm³/mol. The first-order valence-corrected chi connectivity index (χ1v) is 13.0. The molecular weight excluding hydrogens is 484 g/mol. The van der Waals surface area contributed by atoms with Crippen molar-refractivity contribution in [1.82, 2.24) is 15.2 Å². The van der Waals surface area contributed by atoms with Crippen LogP contribution in [0.25, 0.3) is 10.9 Å². The van der Waals surface area contributed by atoms with E-state index < -0.39 is 0 Å². The maximum atomic E-state index is 12.2. The summed E-state index contributed by atoms with van der Waals surface area (Å²) in [6.07, 6.45) is 2.58. The van der Waals surface area contributed by atoms with Crippen molar-refractivity contribution in [2.75, 3.05) is 51.8 Å². The van der Waals surface area contributed by atoms with Gasteiger partial charge < -0.3 is 30.0 Å². The molecule has 2 aromatic carbocycles. The number of carbonyl (C=O) groups is 1. The van der Waals surface area contributed by atoms with E-state index in [1.165, 1.54) is 0 Å². The number of carbonyl (C=O) groups excluding carboxylic acids is 1. The molecule has 0 aliphatic carbocycles. The molecule has 9 nitrogen and oxygen atoms in total. The predicted octanol–water partition coefficient (Wildman–Crippen LogP) is 5.29. The van der Waals surface area contributed by atoms with Crippen LogP contribution >= 0.6 is 0 Å². The Bertz CT molecular complexity index is 1180. The number of rotatable bonds is 13. The van der Waals surface area contributed by atoms with Gasteiger partial charge in [-0.25, -0.2) is 4.79 Å². The molecule has 0 spiro atoms. The van der Waals surface area contributed by atoms with Crippen LogP contribution in [0.2, 0.25) is 0 Å². The number of methoxy groups -OCH3 is 1. The number of ether oxygens (including phenoxy) is 3. The first-order chi connectivity index (χ1) is 18.2. The van der Waals surface area contributed by atoms with Crippen molar-refractivity contribution < 1.29 is 24.1 Å². The minimum Gasteiger partial charge on any atom is -0.493 e. The van der Waals surface area contributed by atoms with Crippen molar-refractivity contribution in [2.24, 2.45) is 5.41 Å². The van der Waals surface area contributed by atoms with E-state index in [0.717, 1.165) is 18.4 Å². The number of pyridine rings is 1. The number of hydrogen-bond acceptors (Lipinski definition) is 7. The van der Waals surface area contributed by atoms with Crippen molar-refractivity contribution in [3.63, 3.8) is 0 Å². The van der Waals surface area contributed by atoms with Crippen molar-refractivity contribution in [3.05, 3.63) is 48.7 Å². The summed E-state index contributed by atoms with van der Waals surface area (Å²) < 4.78 is 17.7. The summed E-state index contributed by atoms with van der Waals surface area (Å²) in [6, 6.07) is 12.5. The Morgan fingerprint density at radius 1 is 1.05 bits per heavy atom. The molecule has 0 saturated carbocycles. The fraction of sp³-hybridized carbons (Fsp3) is 0.448. The highest BCUT2D eigenvalue weighted by Gasteiger charge is 2.14. The van der Waals surface area contributed by atoms with Crippen molar-refractivity contribution in [1.29, 1.82) is 0 Å². The number of aliphatic hydroxyl groups excluding tert-OH is 1. The molecule has 2 amide bonds. The SMILES string of the molecule is CCN(CCO)CCOc1cc2nccc(Oc3ccc(NC(=O)NCCC(C)(C)C)cc3)c2cc1OC. The zero-order valence-electron chi connectivity index (χ0n) is 23.0. The minimum atomic E-state index is -0.232. The van der Waals surface area contributed by atoms with E-state index in [2.05, 4.69) is 41.3 Å². The second kappa shape index (κ2) is 13.8. The number of fused-ring (bicyclic) bond motifs is 1.